The van der Waals surface area contributed by atoms with E-state index in [1.807, 2.05) is 6.07 Å². The molecule has 2 saturated heterocycles. The number of nitrogen functional groups attached to an aromatic ring is 1. The molecule has 0 unspecified atom stereocenters. The molecule has 0 amide bonds. The van der Waals surface area contributed by atoms with Crippen LogP contribution < -0.4 is 5.73 Å². The second-order valence-corrected chi connectivity index (χ2v) is 5.51. The molecule has 0 aliphatic carbocycles. The van der Waals surface area contributed by atoms with E-state index in [4.69, 9.17) is 10.5 Å². The maximum Gasteiger partial charge on any atom is 0.123 e. The minimum Gasteiger partial charge on any atom is -0.392 e. The van der Waals surface area contributed by atoms with Crippen LogP contribution in [-0.4, -0.2) is 47.4 Å². The SMILES string of the molecule is Nc1ccc([C@H]2CCOC2)c(CN2CC[C@@H](O)C2)n1. The minimum absolute atomic E-state index is 0.195. The van der Waals surface area contributed by atoms with Crippen LogP contribution in [0.25, 0.3) is 0 Å². The summed E-state index contributed by atoms with van der Waals surface area (Å²) in [6.07, 6.45) is 1.71. The lowest BCUT2D eigenvalue weighted by atomic mass is 9.96. The van der Waals surface area contributed by atoms with Crippen molar-refractivity contribution in [3.05, 3.63) is 23.4 Å². The van der Waals surface area contributed by atoms with E-state index >= 15 is 0 Å². The van der Waals surface area contributed by atoms with Crippen molar-refractivity contribution in [3.8, 4) is 0 Å². The van der Waals surface area contributed by atoms with Crippen molar-refractivity contribution in [2.75, 3.05) is 32.0 Å². The lowest BCUT2D eigenvalue weighted by molar-refractivity contribution is 0.174. The summed E-state index contributed by atoms with van der Waals surface area (Å²) >= 11 is 0. The average molecular weight is 263 g/mol. The van der Waals surface area contributed by atoms with E-state index in [1.54, 1.807) is 0 Å². The zero-order chi connectivity index (χ0) is 13.2. The number of nitrogens with zero attached hydrogens (tertiary/aromatic N) is 2. The van der Waals surface area contributed by atoms with E-state index in [-0.39, 0.29) is 6.10 Å². The monoisotopic (exact) mass is 263 g/mol. The number of anilines is 1. The number of aliphatic hydroxyl groups excluding tert-OH is 1. The molecule has 2 atom stereocenters. The van der Waals surface area contributed by atoms with Gasteiger partial charge < -0.3 is 15.6 Å². The molecule has 3 heterocycles. The highest BCUT2D eigenvalue weighted by molar-refractivity contribution is 5.36. The molecule has 1 aromatic rings. The predicted octanol–water partition coefficient (Wildman–Crippen LogP) is 0.734. The van der Waals surface area contributed by atoms with Gasteiger partial charge in [0.2, 0.25) is 0 Å². The summed E-state index contributed by atoms with van der Waals surface area (Å²) in [6.45, 7) is 4.04. The van der Waals surface area contributed by atoms with Gasteiger partial charge >= 0.3 is 0 Å². The molecule has 2 fully saturated rings. The van der Waals surface area contributed by atoms with Crippen LogP contribution >= 0.6 is 0 Å². The lowest BCUT2D eigenvalue weighted by Gasteiger charge is -2.19. The highest BCUT2D eigenvalue weighted by Gasteiger charge is 2.25. The Hall–Kier alpha value is -1.17. The Morgan fingerprint density at radius 1 is 1.42 bits per heavy atom. The van der Waals surface area contributed by atoms with Crippen LogP contribution in [0.1, 0.15) is 30.0 Å². The van der Waals surface area contributed by atoms with Gasteiger partial charge in [-0.2, -0.15) is 0 Å². The number of β-amino-alcohol motifs (C(OH)–C–C–N with tert-alkyl or cyclic N) is 1. The third-order valence-corrected chi connectivity index (χ3v) is 4.02. The summed E-state index contributed by atoms with van der Waals surface area (Å²) in [5, 5.41) is 9.61. The van der Waals surface area contributed by atoms with E-state index < -0.39 is 0 Å². The average Bonchev–Trinajstić information content (AvgIpc) is 3.01. The Morgan fingerprint density at radius 3 is 3.00 bits per heavy atom. The molecule has 0 bridgehead atoms. The molecule has 5 nitrogen and oxygen atoms in total. The predicted molar refractivity (Wildman–Crippen MR) is 72.7 cm³/mol. The molecule has 104 valence electrons. The first-order valence-corrected chi connectivity index (χ1v) is 6.96. The van der Waals surface area contributed by atoms with Gasteiger partial charge in [0.15, 0.2) is 0 Å². The Kier molecular flexibility index (Phi) is 3.68. The summed E-state index contributed by atoms with van der Waals surface area (Å²) in [4.78, 5) is 6.75. The Morgan fingerprint density at radius 2 is 2.32 bits per heavy atom. The molecule has 5 heteroatoms. The molecule has 0 radical (unpaired) electrons. The minimum atomic E-state index is -0.195. The first-order chi connectivity index (χ1) is 9.22. The molecular weight excluding hydrogens is 242 g/mol. The number of rotatable bonds is 3. The summed E-state index contributed by atoms with van der Waals surface area (Å²) < 4.78 is 5.47. The van der Waals surface area contributed by atoms with Gasteiger partial charge in [-0.1, -0.05) is 6.07 Å². The number of ether oxygens (including phenoxy) is 1. The van der Waals surface area contributed by atoms with Gasteiger partial charge in [0, 0.05) is 32.2 Å². The number of likely N-dealkylation sites (tertiary alicyclic amines) is 1. The van der Waals surface area contributed by atoms with E-state index in [0.717, 1.165) is 51.4 Å². The molecule has 0 saturated carbocycles. The van der Waals surface area contributed by atoms with E-state index in [9.17, 15) is 5.11 Å². The fourth-order valence-electron chi connectivity index (χ4n) is 2.97. The van der Waals surface area contributed by atoms with Gasteiger partial charge in [-0.15, -0.1) is 0 Å². The van der Waals surface area contributed by atoms with Crippen LogP contribution in [0.15, 0.2) is 12.1 Å². The van der Waals surface area contributed by atoms with Gasteiger partial charge in [0.05, 0.1) is 18.4 Å². The highest BCUT2D eigenvalue weighted by atomic mass is 16.5. The number of hydrogen-bond donors (Lipinski definition) is 2. The van der Waals surface area contributed by atoms with Crippen LogP contribution in [0.4, 0.5) is 5.82 Å². The van der Waals surface area contributed by atoms with Crippen molar-refractivity contribution in [2.45, 2.75) is 31.4 Å². The van der Waals surface area contributed by atoms with Crippen molar-refractivity contribution in [2.24, 2.45) is 0 Å². The first kappa shape index (κ1) is 12.8. The molecule has 0 aromatic carbocycles. The fourth-order valence-corrected chi connectivity index (χ4v) is 2.97. The first-order valence-electron chi connectivity index (χ1n) is 6.96. The number of aliphatic hydroxyl groups is 1. The standard InChI is InChI=1S/C14H21N3O2/c15-14-2-1-12(10-4-6-19-9-10)13(16-14)8-17-5-3-11(18)7-17/h1-2,10-11,18H,3-9H2,(H2,15,16)/t10-,11+/m0/s1. The molecular formula is C14H21N3O2. The molecule has 2 aliphatic heterocycles. The number of pyridine rings is 1. The van der Waals surface area contributed by atoms with Gasteiger partial charge in [-0.05, 0) is 24.5 Å². The zero-order valence-corrected chi connectivity index (χ0v) is 11.1. The van der Waals surface area contributed by atoms with E-state index in [0.29, 0.717) is 11.7 Å². The molecule has 2 aliphatic rings. The number of nitrogens with two attached hydrogens (primary N) is 1. The van der Waals surface area contributed by atoms with Crippen LogP contribution in [0, 0.1) is 0 Å². The smallest absolute Gasteiger partial charge is 0.123 e. The van der Waals surface area contributed by atoms with Gasteiger partial charge in [-0.3, -0.25) is 4.90 Å². The van der Waals surface area contributed by atoms with Crippen LogP contribution in [0.2, 0.25) is 0 Å². The van der Waals surface area contributed by atoms with Crippen molar-refractivity contribution >= 4 is 5.82 Å². The molecule has 19 heavy (non-hydrogen) atoms. The second-order valence-electron chi connectivity index (χ2n) is 5.51. The quantitative estimate of drug-likeness (QED) is 0.841. The topological polar surface area (TPSA) is 71.6 Å². The normalized spacial score (nSPS) is 28.1. The van der Waals surface area contributed by atoms with Crippen LogP contribution in [-0.2, 0) is 11.3 Å². The van der Waals surface area contributed by atoms with Crippen molar-refractivity contribution in [1.29, 1.82) is 0 Å². The van der Waals surface area contributed by atoms with Crippen molar-refractivity contribution in [1.82, 2.24) is 9.88 Å². The zero-order valence-electron chi connectivity index (χ0n) is 11.1. The lowest BCUT2D eigenvalue weighted by Crippen LogP contribution is -2.23. The van der Waals surface area contributed by atoms with Gasteiger partial charge in [0.25, 0.3) is 0 Å². The maximum atomic E-state index is 9.61. The largest absolute Gasteiger partial charge is 0.392 e. The van der Waals surface area contributed by atoms with Crippen molar-refractivity contribution in [3.63, 3.8) is 0 Å². The fraction of sp³-hybridized carbons (Fsp3) is 0.643. The van der Waals surface area contributed by atoms with Gasteiger partial charge in [0.1, 0.15) is 5.82 Å². The maximum absolute atomic E-state index is 9.61. The Labute approximate surface area is 113 Å². The van der Waals surface area contributed by atoms with Crippen LogP contribution in [0.3, 0.4) is 0 Å². The molecule has 3 N–H and O–H groups in total. The second kappa shape index (κ2) is 5.45. The van der Waals surface area contributed by atoms with Crippen LogP contribution in [0.5, 0.6) is 0 Å². The highest BCUT2D eigenvalue weighted by Crippen LogP contribution is 2.29. The summed E-state index contributed by atoms with van der Waals surface area (Å²) in [7, 11) is 0. The number of hydrogen-bond acceptors (Lipinski definition) is 5. The third kappa shape index (κ3) is 2.88. The van der Waals surface area contributed by atoms with Gasteiger partial charge in [-0.25, -0.2) is 4.98 Å². The molecule has 1 aromatic heterocycles. The molecule has 3 rings (SSSR count). The van der Waals surface area contributed by atoms with E-state index in [2.05, 4.69) is 16.0 Å². The summed E-state index contributed by atoms with van der Waals surface area (Å²) in [6, 6.07) is 3.96. The third-order valence-electron chi connectivity index (χ3n) is 4.02. The van der Waals surface area contributed by atoms with Crippen molar-refractivity contribution < 1.29 is 9.84 Å². The Bertz CT molecular complexity index is 446. The summed E-state index contributed by atoms with van der Waals surface area (Å²) in [5.74, 6) is 1.01. The summed E-state index contributed by atoms with van der Waals surface area (Å²) in [5.41, 5.74) is 8.12. The van der Waals surface area contributed by atoms with E-state index in [1.165, 1.54) is 5.56 Å². The molecule has 0 spiro atoms. The number of aromatic nitrogens is 1. The Balaban J connectivity index is 1.79.